The average Bonchev–Trinajstić information content (AvgIpc) is 2.92. The van der Waals surface area contributed by atoms with E-state index in [4.69, 9.17) is 0 Å². The van der Waals surface area contributed by atoms with Crippen LogP contribution in [0.1, 0.15) is 48.9 Å². The van der Waals surface area contributed by atoms with E-state index < -0.39 is 23.5 Å². The molecule has 1 atom stereocenters. The van der Waals surface area contributed by atoms with E-state index in [-0.39, 0.29) is 11.5 Å². The molecule has 7 heteroatoms. The van der Waals surface area contributed by atoms with Crippen LogP contribution in [0.4, 0.5) is 13.2 Å². The van der Waals surface area contributed by atoms with Gasteiger partial charge in [0.15, 0.2) is 17.5 Å². The number of rotatable bonds is 5. The predicted octanol–water partition coefficient (Wildman–Crippen LogP) is 3.78. The van der Waals surface area contributed by atoms with Gasteiger partial charge >= 0.3 is 0 Å². The van der Waals surface area contributed by atoms with Crippen molar-refractivity contribution in [2.24, 2.45) is 0 Å². The van der Waals surface area contributed by atoms with Crippen molar-refractivity contribution in [1.82, 2.24) is 14.9 Å². The molecule has 0 saturated carbocycles. The molecule has 0 fully saturated rings. The molecule has 0 saturated heterocycles. The Balaban J connectivity index is 2.54. The second kappa shape index (κ2) is 6.53. The normalized spacial score (nSPS) is 12.9. The van der Waals surface area contributed by atoms with Crippen molar-refractivity contribution in [3.8, 4) is 0 Å². The van der Waals surface area contributed by atoms with Gasteiger partial charge in [0, 0.05) is 5.56 Å². The zero-order chi connectivity index (χ0) is 15.6. The fourth-order valence-electron chi connectivity index (χ4n) is 2.12. The lowest BCUT2D eigenvalue weighted by Crippen LogP contribution is -2.24. The van der Waals surface area contributed by atoms with Gasteiger partial charge < -0.3 is 5.32 Å². The molecule has 21 heavy (non-hydrogen) atoms. The fraction of sp³-hybridized carbons (Fsp3) is 0.429. The van der Waals surface area contributed by atoms with Gasteiger partial charge in [-0.3, -0.25) is 0 Å². The van der Waals surface area contributed by atoms with Crippen LogP contribution in [0.3, 0.4) is 0 Å². The fourth-order valence-corrected chi connectivity index (χ4v) is 3.02. The number of hydrogen-bond acceptors (Lipinski definition) is 4. The van der Waals surface area contributed by atoms with Crippen LogP contribution in [-0.2, 0) is 0 Å². The van der Waals surface area contributed by atoms with Crippen LogP contribution in [0.15, 0.2) is 12.1 Å². The third-order valence-corrected chi connectivity index (χ3v) is 3.94. The lowest BCUT2D eigenvalue weighted by molar-refractivity contribution is 0.433. The van der Waals surface area contributed by atoms with Crippen LogP contribution >= 0.6 is 11.5 Å². The minimum Gasteiger partial charge on any atom is -0.306 e. The lowest BCUT2D eigenvalue weighted by atomic mass is 9.99. The Labute approximate surface area is 125 Å². The van der Waals surface area contributed by atoms with Crippen molar-refractivity contribution in [3.05, 3.63) is 45.7 Å². The van der Waals surface area contributed by atoms with Crippen molar-refractivity contribution in [2.75, 3.05) is 6.54 Å². The highest BCUT2D eigenvalue weighted by atomic mass is 32.1. The summed E-state index contributed by atoms with van der Waals surface area (Å²) in [5, 5.41) is 7.14. The quantitative estimate of drug-likeness (QED) is 0.853. The maximum Gasteiger partial charge on any atom is 0.194 e. The Morgan fingerprint density at radius 2 is 1.90 bits per heavy atom. The van der Waals surface area contributed by atoms with Gasteiger partial charge in [-0.25, -0.2) is 13.2 Å². The molecule has 114 valence electrons. The number of hydrogen-bond donors (Lipinski definition) is 1. The van der Waals surface area contributed by atoms with Gasteiger partial charge in [-0.2, -0.15) is 0 Å². The summed E-state index contributed by atoms with van der Waals surface area (Å²) in [7, 11) is 0. The van der Waals surface area contributed by atoms with Crippen molar-refractivity contribution in [3.63, 3.8) is 0 Å². The number of benzene rings is 1. The van der Waals surface area contributed by atoms with Crippen LogP contribution in [0.5, 0.6) is 0 Å². The SMILES string of the molecule is CCNC(c1ccc(F)c(F)c1F)c1snnc1C(C)C. The van der Waals surface area contributed by atoms with E-state index in [0.717, 1.165) is 28.2 Å². The molecule has 1 aromatic carbocycles. The van der Waals surface area contributed by atoms with Crippen molar-refractivity contribution < 1.29 is 13.2 Å². The zero-order valence-electron chi connectivity index (χ0n) is 12.0. The third-order valence-electron chi connectivity index (χ3n) is 3.13. The molecule has 0 aliphatic heterocycles. The molecule has 1 N–H and O–H groups in total. The second-order valence-electron chi connectivity index (χ2n) is 4.93. The molecule has 0 bridgehead atoms. The molecule has 2 aromatic rings. The van der Waals surface area contributed by atoms with Gasteiger partial charge in [0.05, 0.1) is 16.6 Å². The van der Waals surface area contributed by atoms with Gasteiger partial charge in [-0.15, -0.1) is 5.10 Å². The first-order chi connectivity index (χ1) is 9.97. The maximum atomic E-state index is 14.1. The molecule has 0 aliphatic carbocycles. The molecular formula is C14H16F3N3S. The first-order valence-electron chi connectivity index (χ1n) is 6.66. The van der Waals surface area contributed by atoms with E-state index in [1.54, 1.807) is 0 Å². The molecule has 3 nitrogen and oxygen atoms in total. The molecule has 1 aromatic heterocycles. The van der Waals surface area contributed by atoms with Crippen LogP contribution in [0.2, 0.25) is 0 Å². The summed E-state index contributed by atoms with van der Waals surface area (Å²) in [5.41, 5.74) is 0.791. The van der Waals surface area contributed by atoms with E-state index in [0.29, 0.717) is 6.54 Å². The highest BCUT2D eigenvalue weighted by Crippen LogP contribution is 2.33. The zero-order valence-corrected chi connectivity index (χ0v) is 12.8. The standard InChI is InChI=1S/C14H16F3N3S/c1-4-18-13(14-12(7(2)3)19-20-21-14)8-5-6-9(15)11(17)10(8)16/h5-7,13,18H,4H2,1-3H3. The monoisotopic (exact) mass is 315 g/mol. The Kier molecular flexibility index (Phi) is 4.95. The molecular weight excluding hydrogens is 299 g/mol. The van der Waals surface area contributed by atoms with Crippen LogP contribution in [0.25, 0.3) is 0 Å². The summed E-state index contributed by atoms with van der Waals surface area (Å²) in [4.78, 5) is 0.719. The van der Waals surface area contributed by atoms with Crippen LogP contribution < -0.4 is 5.32 Å². The Hall–Kier alpha value is -1.47. The van der Waals surface area contributed by atoms with E-state index >= 15 is 0 Å². The van der Waals surface area contributed by atoms with Crippen molar-refractivity contribution >= 4 is 11.5 Å². The van der Waals surface area contributed by atoms with Gasteiger partial charge in [-0.1, -0.05) is 31.3 Å². The summed E-state index contributed by atoms with van der Waals surface area (Å²) < 4.78 is 44.6. The van der Waals surface area contributed by atoms with E-state index in [9.17, 15) is 13.2 Å². The Bertz CT molecular complexity index is 628. The van der Waals surface area contributed by atoms with Gasteiger partial charge in [-0.05, 0) is 30.1 Å². The molecule has 0 amide bonds. The van der Waals surface area contributed by atoms with Gasteiger partial charge in [0.25, 0.3) is 0 Å². The summed E-state index contributed by atoms with van der Waals surface area (Å²) in [5.74, 6) is -3.73. The molecule has 0 spiro atoms. The molecule has 0 aliphatic rings. The number of aromatic nitrogens is 2. The Morgan fingerprint density at radius 3 is 2.52 bits per heavy atom. The van der Waals surface area contributed by atoms with Crippen molar-refractivity contribution in [1.29, 1.82) is 0 Å². The minimum atomic E-state index is -1.46. The largest absolute Gasteiger partial charge is 0.306 e. The molecule has 2 rings (SSSR count). The average molecular weight is 315 g/mol. The molecule has 0 radical (unpaired) electrons. The highest BCUT2D eigenvalue weighted by molar-refractivity contribution is 7.05. The molecule has 1 heterocycles. The summed E-state index contributed by atoms with van der Waals surface area (Å²) in [6.07, 6.45) is 0. The van der Waals surface area contributed by atoms with Gasteiger partial charge in [0.1, 0.15) is 0 Å². The predicted molar refractivity (Wildman–Crippen MR) is 75.8 cm³/mol. The Morgan fingerprint density at radius 1 is 1.19 bits per heavy atom. The van der Waals surface area contributed by atoms with E-state index in [1.807, 2.05) is 20.8 Å². The molecule has 1 unspecified atom stereocenters. The highest BCUT2D eigenvalue weighted by Gasteiger charge is 2.26. The van der Waals surface area contributed by atoms with E-state index in [2.05, 4.69) is 14.9 Å². The van der Waals surface area contributed by atoms with Crippen molar-refractivity contribution in [2.45, 2.75) is 32.7 Å². The van der Waals surface area contributed by atoms with Gasteiger partial charge in [0.2, 0.25) is 0 Å². The third kappa shape index (κ3) is 3.08. The number of halogens is 3. The summed E-state index contributed by atoms with van der Waals surface area (Å²) in [6, 6.07) is 1.59. The summed E-state index contributed by atoms with van der Waals surface area (Å²) in [6.45, 7) is 6.29. The van der Waals surface area contributed by atoms with Crippen LogP contribution in [0, 0.1) is 17.5 Å². The minimum absolute atomic E-state index is 0.0590. The second-order valence-corrected chi connectivity index (χ2v) is 5.72. The topological polar surface area (TPSA) is 37.8 Å². The number of nitrogens with one attached hydrogen (secondary N) is 1. The van der Waals surface area contributed by atoms with E-state index in [1.165, 1.54) is 6.07 Å². The number of nitrogens with zero attached hydrogens (tertiary/aromatic N) is 2. The lowest BCUT2D eigenvalue weighted by Gasteiger charge is -2.19. The maximum absolute atomic E-state index is 14.1. The smallest absolute Gasteiger partial charge is 0.194 e. The first kappa shape index (κ1) is 15.9. The first-order valence-corrected chi connectivity index (χ1v) is 7.43. The summed E-state index contributed by atoms with van der Waals surface area (Å²) >= 11 is 1.13. The van der Waals surface area contributed by atoms with Crippen LogP contribution in [-0.4, -0.2) is 16.1 Å².